The van der Waals surface area contributed by atoms with Gasteiger partial charge in [-0.15, -0.1) is 0 Å². The van der Waals surface area contributed by atoms with Gasteiger partial charge in [0.15, 0.2) is 5.82 Å². The zero-order valence-electron chi connectivity index (χ0n) is 12.4. The van der Waals surface area contributed by atoms with Gasteiger partial charge in [-0.25, -0.2) is 9.67 Å². The molecule has 0 atom stereocenters. The highest BCUT2D eigenvalue weighted by molar-refractivity contribution is 5.97. The van der Waals surface area contributed by atoms with Crippen molar-refractivity contribution in [2.75, 3.05) is 6.61 Å². The van der Waals surface area contributed by atoms with Crippen LogP contribution in [0.15, 0.2) is 36.8 Å². The molecule has 1 aliphatic rings. The van der Waals surface area contributed by atoms with Gasteiger partial charge in [0, 0.05) is 31.2 Å². The van der Waals surface area contributed by atoms with Crippen molar-refractivity contribution in [3.8, 4) is 5.82 Å². The van der Waals surface area contributed by atoms with Crippen LogP contribution in [0, 0.1) is 5.92 Å². The quantitative estimate of drug-likeness (QED) is 0.898. The summed E-state index contributed by atoms with van der Waals surface area (Å²) in [4.78, 5) is 16.8. The molecule has 2 N–H and O–H groups in total. The maximum Gasteiger partial charge on any atom is 0.255 e. The molecule has 2 heterocycles. The van der Waals surface area contributed by atoms with Crippen LogP contribution < -0.4 is 5.32 Å². The molecule has 6 heteroatoms. The first-order valence-electron chi connectivity index (χ1n) is 7.64. The van der Waals surface area contributed by atoms with Crippen molar-refractivity contribution in [2.24, 2.45) is 5.92 Å². The van der Waals surface area contributed by atoms with E-state index < -0.39 is 0 Å². The smallest absolute Gasteiger partial charge is 0.255 e. The standard InChI is InChI=1S/C16H20N4O2/c21-11-12-4-6-13(7-5-12)19-16(22)14-3-1-8-17-15(14)20-10-2-9-18-20/h1-3,8-10,12-13,21H,4-7,11H2,(H,19,22). The molecule has 1 aliphatic carbocycles. The second-order valence-electron chi connectivity index (χ2n) is 5.70. The van der Waals surface area contributed by atoms with Gasteiger partial charge in [0.25, 0.3) is 5.91 Å². The molecule has 3 rings (SSSR count). The molecular formula is C16H20N4O2. The van der Waals surface area contributed by atoms with E-state index in [1.54, 1.807) is 41.5 Å². The van der Waals surface area contributed by atoms with Gasteiger partial charge in [-0.05, 0) is 49.8 Å². The number of rotatable bonds is 4. The van der Waals surface area contributed by atoms with E-state index in [-0.39, 0.29) is 18.6 Å². The molecule has 0 saturated heterocycles. The summed E-state index contributed by atoms with van der Waals surface area (Å²) < 4.78 is 1.59. The molecular weight excluding hydrogens is 280 g/mol. The summed E-state index contributed by atoms with van der Waals surface area (Å²) in [6.45, 7) is 0.243. The van der Waals surface area contributed by atoms with Gasteiger partial charge >= 0.3 is 0 Å². The largest absolute Gasteiger partial charge is 0.396 e. The van der Waals surface area contributed by atoms with Gasteiger partial charge in [-0.1, -0.05) is 0 Å². The summed E-state index contributed by atoms with van der Waals surface area (Å²) >= 11 is 0. The molecule has 6 nitrogen and oxygen atoms in total. The number of hydrogen-bond acceptors (Lipinski definition) is 4. The number of hydrogen-bond donors (Lipinski definition) is 2. The number of carbonyl (C=O) groups is 1. The normalized spacial score (nSPS) is 21.5. The van der Waals surface area contributed by atoms with Crippen LogP contribution in [-0.4, -0.2) is 38.4 Å². The zero-order chi connectivity index (χ0) is 15.4. The van der Waals surface area contributed by atoms with Crippen molar-refractivity contribution >= 4 is 5.91 Å². The predicted octanol–water partition coefficient (Wildman–Crippen LogP) is 1.55. The first-order valence-corrected chi connectivity index (χ1v) is 7.64. The van der Waals surface area contributed by atoms with Crippen LogP contribution in [0.25, 0.3) is 5.82 Å². The van der Waals surface area contributed by atoms with Crippen molar-refractivity contribution in [3.63, 3.8) is 0 Å². The predicted molar refractivity (Wildman–Crippen MR) is 81.7 cm³/mol. The van der Waals surface area contributed by atoms with Crippen LogP contribution in [0.2, 0.25) is 0 Å². The van der Waals surface area contributed by atoms with Gasteiger partial charge < -0.3 is 10.4 Å². The van der Waals surface area contributed by atoms with E-state index in [0.717, 1.165) is 25.7 Å². The summed E-state index contributed by atoms with van der Waals surface area (Å²) in [5.74, 6) is 0.797. The van der Waals surface area contributed by atoms with E-state index in [0.29, 0.717) is 17.3 Å². The third kappa shape index (κ3) is 3.17. The van der Waals surface area contributed by atoms with Crippen LogP contribution in [0.5, 0.6) is 0 Å². The van der Waals surface area contributed by atoms with Gasteiger partial charge in [0.05, 0.1) is 5.56 Å². The maximum atomic E-state index is 12.5. The van der Waals surface area contributed by atoms with Crippen LogP contribution in [0.1, 0.15) is 36.0 Å². The van der Waals surface area contributed by atoms with Gasteiger partial charge in [-0.3, -0.25) is 4.79 Å². The molecule has 22 heavy (non-hydrogen) atoms. The number of aliphatic hydroxyl groups excluding tert-OH is 1. The topological polar surface area (TPSA) is 80.0 Å². The molecule has 0 bridgehead atoms. The molecule has 0 aromatic carbocycles. The van der Waals surface area contributed by atoms with Crippen molar-refractivity contribution < 1.29 is 9.90 Å². The van der Waals surface area contributed by atoms with Gasteiger partial charge in [-0.2, -0.15) is 5.10 Å². The number of pyridine rings is 1. The monoisotopic (exact) mass is 300 g/mol. The average Bonchev–Trinajstić information content (AvgIpc) is 3.10. The molecule has 1 fully saturated rings. The minimum absolute atomic E-state index is 0.119. The lowest BCUT2D eigenvalue weighted by Gasteiger charge is -2.28. The van der Waals surface area contributed by atoms with Crippen molar-refractivity contribution in [2.45, 2.75) is 31.7 Å². The molecule has 0 spiro atoms. The Morgan fingerprint density at radius 2 is 2.09 bits per heavy atom. The lowest BCUT2D eigenvalue weighted by molar-refractivity contribution is 0.0913. The summed E-state index contributed by atoms with van der Waals surface area (Å²) in [6.07, 6.45) is 8.82. The Morgan fingerprint density at radius 1 is 1.27 bits per heavy atom. The zero-order valence-corrected chi connectivity index (χ0v) is 12.4. The second-order valence-corrected chi connectivity index (χ2v) is 5.70. The van der Waals surface area contributed by atoms with E-state index in [1.165, 1.54) is 0 Å². The molecule has 0 unspecified atom stereocenters. The Balaban J connectivity index is 1.71. The van der Waals surface area contributed by atoms with Crippen molar-refractivity contribution in [3.05, 3.63) is 42.4 Å². The molecule has 116 valence electrons. The average molecular weight is 300 g/mol. The fourth-order valence-electron chi connectivity index (χ4n) is 2.90. The molecule has 1 saturated carbocycles. The Kier molecular flexibility index (Phi) is 4.48. The van der Waals surface area contributed by atoms with Crippen LogP contribution in [-0.2, 0) is 0 Å². The summed E-state index contributed by atoms with van der Waals surface area (Å²) in [7, 11) is 0. The Labute approximate surface area is 129 Å². The molecule has 0 radical (unpaired) electrons. The number of nitrogens with one attached hydrogen (secondary N) is 1. The highest BCUT2D eigenvalue weighted by Gasteiger charge is 2.23. The van der Waals surface area contributed by atoms with E-state index in [9.17, 15) is 9.90 Å². The van der Waals surface area contributed by atoms with Crippen molar-refractivity contribution in [1.29, 1.82) is 0 Å². The highest BCUT2D eigenvalue weighted by atomic mass is 16.3. The van der Waals surface area contributed by atoms with E-state index in [4.69, 9.17) is 0 Å². The summed E-state index contributed by atoms with van der Waals surface area (Å²) in [6, 6.07) is 5.48. The Morgan fingerprint density at radius 3 is 2.77 bits per heavy atom. The van der Waals surface area contributed by atoms with Crippen LogP contribution in [0.3, 0.4) is 0 Å². The minimum atomic E-state index is -0.119. The fourth-order valence-corrected chi connectivity index (χ4v) is 2.90. The van der Waals surface area contributed by atoms with Gasteiger partial charge in [0.2, 0.25) is 0 Å². The minimum Gasteiger partial charge on any atom is -0.396 e. The number of carbonyl (C=O) groups excluding carboxylic acids is 1. The molecule has 1 amide bonds. The molecule has 0 aliphatic heterocycles. The Bertz CT molecular complexity index is 619. The third-order valence-corrected chi connectivity index (χ3v) is 4.19. The molecule has 2 aromatic heterocycles. The number of aliphatic hydroxyl groups is 1. The van der Waals surface area contributed by atoms with E-state index in [1.807, 2.05) is 0 Å². The first-order chi connectivity index (χ1) is 10.8. The SMILES string of the molecule is O=C(NC1CCC(CO)CC1)c1cccnc1-n1cccn1. The fraction of sp³-hybridized carbons (Fsp3) is 0.438. The summed E-state index contributed by atoms with van der Waals surface area (Å²) in [5, 5.41) is 16.4. The molecule has 2 aromatic rings. The number of amides is 1. The van der Waals surface area contributed by atoms with Crippen LogP contribution >= 0.6 is 0 Å². The lowest BCUT2D eigenvalue weighted by Crippen LogP contribution is -2.38. The number of aromatic nitrogens is 3. The first kappa shape index (κ1) is 14.7. The maximum absolute atomic E-state index is 12.5. The van der Waals surface area contributed by atoms with Crippen LogP contribution in [0.4, 0.5) is 0 Å². The van der Waals surface area contributed by atoms with E-state index in [2.05, 4.69) is 15.4 Å². The van der Waals surface area contributed by atoms with E-state index >= 15 is 0 Å². The number of nitrogens with zero attached hydrogens (tertiary/aromatic N) is 3. The second kappa shape index (κ2) is 6.70. The Hall–Kier alpha value is -2.21. The summed E-state index contributed by atoms with van der Waals surface area (Å²) in [5.41, 5.74) is 0.524. The van der Waals surface area contributed by atoms with Gasteiger partial charge in [0.1, 0.15) is 0 Å². The highest BCUT2D eigenvalue weighted by Crippen LogP contribution is 2.24. The third-order valence-electron chi connectivity index (χ3n) is 4.19. The lowest BCUT2D eigenvalue weighted by atomic mass is 9.86. The van der Waals surface area contributed by atoms with Crippen molar-refractivity contribution in [1.82, 2.24) is 20.1 Å².